The Bertz CT molecular complexity index is 756. The molecule has 0 unspecified atom stereocenters. The highest BCUT2D eigenvalue weighted by atomic mass is 79.9. The Morgan fingerprint density at radius 3 is 2.67 bits per heavy atom. The van der Waals surface area contributed by atoms with Gasteiger partial charge < -0.3 is 9.84 Å². The Labute approximate surface area is 135 Å². The van der Waals surface area contributed by atoms with Crippen LogP contribution in [0.15, 0.2) is 33.6 Å². The molecule has 0 aliphatic carbocycles. The number of sulfonamides is 1. The maximum absolute atomic E-state index is 12.4. The van der Waals surface area contributed by atoms with Gasteiger partial charge in [-0.25, -0.2) is 8.42 Å². The van der Waals surface area contributed by atoms with Crippen molar-refractivity contribution >= 4 is 43.0 Å². The highest BCUT2D eigenvalue weighted by Crippen LogP contribution is 2.31. The molecule has 2 rings (SSSR count). The minimum atomic E-state index is -3.69. The molecule has 0 bridgehead atoms. The molecule has 0 saturated heterocycles. The van der Waals surface area contributed by atoms with Gasteiger partial charge in [0.2, 0.25) is 0 Å². The van der Waals surface area contributed by atoms with Crippen molar-refractivity contribution in [1.82, 2.24) is 0 Å². The van der Waals surface area contributed by atoms with Crippen molar-refractivity contribution in [3.63, 3.8) is 0 Å². The lowest BCUT2D eigenvalue weighted by Crippen LogP contribution is -2.13. The summed E-state index contributed by atoms with van der Waals surface area (Å²) in [6.45, 7) is 1.54. The van der Waals surface area contributed by atoms with Gasteiger partial charge in [0.1, 0.15) is 10.6 Å². The third kappa shape index (κ3) is 3.57. The third-order valence-corrected chi connectivity index (χ3v) is 6.10. The number of benzene rings is 1. The average Bonchev–Trinajstić information content (AvgIpc) is 2.83. The smallest absolute Gasteiger partial charge is 0.263 e. The van der Waals surface area contributed by atoms with E-state index < -0.39 is 10.0 Å². The van der Waals surface area contributed by atoms with Gasteiger partial charge in [-0.3, -0.25) is 4.72 Å². The molecule has 2 N–H and O–H groups in total. The standard InChI is InChI=1S/C13H14BrNO4S2/c1-8-13(6-10(7-16)20-8)21(17,18)15-9-3-4-11(14)12(5-9)19-2/h3-6,15-16H,7H2,1-2H3. The second kappa shape index (κ2) is 6.35. The SMILES string of the molecule is COc1cc(NS(=O)(=O)c2cc(CO)sc2C)ccc1Br. The van der Waals surface area contributed by atoms with Crippen LogP contribution in [0.25, 0.3) is 0 Å². The van der Waals surface area contributed by atoms with Crippen molar-refractivity contribution < 1.29 is 18.3 Å². The molecular formula is C13H14BrNO4S2. The van der Waals surface area contributed by atoms with Crippen LogP contribution in [-0.2, 0) is 16.6 Å². The zero-order valence-electron chi connectivity index (χ0n) is 11.4. The van der Waals surface area contributed by atoms with Crippen molar-refractivity contribution in [1.29, 1.82) is 0 Å². The number of rotatable bonds is 5. The minimum Gasteiger partial charge on any atom is -0.495 e. The number of methoxy groups -OCH3 is 1. The highest BCUT2D eigenvalue weighted by Gasteiger charge is 2.20. The topological polar surface area (TPSA) is 75.6 Å². The van der Waals surface area contributed by atoms with Crippen molar-refractivity contribution in [3.8, 4) is 5.75 Å². The quantitative estimate of drug-likeness (QED) is 0.820. The Morgan fingerprint density at radius 2 is 2.10 bits per heavy atom. The van der Waals surface area contributed by atoms with E-state index >= 15 is 0 Å². The maximum atomic E-state index is 12.4. The van der Waals surface area contributed by atoms with Gasteiger partial charge in [-0.1, -0.05) is 0 Å². The van der Waals surface area contributed by atoms with Crippen LogP contribution in [0.3, 0.4) is 0 Å². The second-order valence-corrected chi connectivity index (χ2v) is 8.09. The van der Waals surface area contributed by atoms with Gasteiger partial charge >= 0.3 is 0 Å². The highest BCUT2D eigenvalue weighted by molar-refractivity contribution is 9.10. The number of aliphatic hydroxyl groups is 1. The Morgan fingerprint density at radius 1 is 1.38 bits per heavy atom. The van der Waals surface area contributed by atoms with E-state index in [0.29, 0.717) is 21.2 Å². The maximum Gasteiger partial charge on any atom is 0.263 e. The summed E-state index contributed by atoms with van der Waals surface area (Å²) in [5.74, 6) is 0.535. The molecule has 1 aromatic carbocycles. The third-order valence-electron chi connectivity index (χ3n) is 2.77. The molecule has 5 nitrogen and oxygen atoms in total. The molecule has 21 heavy (non-hydrogen) atoms. The van der Waals surface area contributed by atoms with Crippen LogP contribution in [0.4, 0.5) is 5.69 Å². The first-order valence-corrected chi connectivity index (χ1v) is 9.03. The minimum absolute atomic E-state index is 0.173. The van der Waals surface area contributed by atoms with Crippen LogP contribution in [0.5, 0.6) is 5.75 Å². The van der Waals surface area contributed by atoms with Crippen molar-refractivity contribution in [2.24, 2.45) is 0 Å². The number of thiophene rings is 1. The van der Waals surface area contributed by atoms with Crippen LogP contribution >= 0.6 is 27.3 Å². The molecule has 0 fully saturated rings. The number of anilines is 1. The van der Waals surface area contributed by atoms with Crippen molar-refractivity contribution in [3.05, 3.63) is 38.5 Å². The van der Waals surface area contributed by atoms with E-state index in [1.165, 1.54) is 24.5 Å². The van der Waals surface area contributed by atoms with Gasteiger partial charge in [0, 0.05) is 15.8 Å². The summed E-state index contributed by atoms with van der Waals surface area (Å²) < 4.78 is 33.2. The zero-order valence-corrected chi connectivity index (χ0v) is 14.6. The fourth-order valence-corrected chi connectivity index (χ4v) is 4.76. The van der Waals surface area contributed by atoms with Crippen LogP contribution in [0.1, 0.15) is 9.75 Å². The molecule has 0 aliphatic heterocycles. The first kappa shape index (κ1) is 16.3. The number of hydrogen-bond acceptors (Lipinski definition) is 5. The molecular weight excluding hydrogens is 378 g/mol. The fourth-order valence-electron chi connectivity index (χ4n) is 1.80. The van der Waals surface area contributed by atoms with Crippen LogP contribution < -0.4 is 9.46 Å². The van der Waals surface area contributed by atoms with E-state index in [9.17, 15) is 8.42 Å². The van der Waals surface area contributed by atoms with Gasteiger partial charge in [0.25, 0.3) is 10.0 Å². The second-order valence-electron chi connectivity index (χ2n) is 4.25. The molecule has 0 spiro atoms. The summed E-state index contributed by atoms with van der Waals surface area (Å²) in [5, 5.41) is 9.10. The molecule has 8 heteroatoms. The molecule has 0 amide bonds. The van der Waals surface area contributed by atoms with Crippen molar-refractivity contribution in [2.75, 3.05) is 11.8 Å². The fraction of sp³-hybridized carbons (Fsp3) is 0.231. The predicted molar refractivity (Wildman–Crippen MR) is 86.5 cm³/mol. The predicted octanol–water partition coefficient (Wildman–Crippen LogP) is 3.12. The molecule has 0 saturated carbocycles. The number of aliphatic hydroxyl groups excluding tert-OH is 1. The Hall–Kier alpha value is -1.09. The van der Waals surface area contributed by atoms with Gasteiger partial charge in [-0.15, -0.1) is 11.3 Å². The summed E-state index contributed by atoms with van der Waals surface area (Å²) in [6.07, 6.45) is 0. The molecule has 1 aromatic heterocycles. The average molecular weight is 392 g/mol. The summed E-state index contributed by atoms with van der Waals surface area (Å²) in [6, 6.07) is 6.42. The summed E-state index contributed by atoms with van der Waals surface area (Å²) >= 11 is 4.57. The number of halogens is 1. The monoisotopic (exact) mass is 391 g/mol. The molecule has 0 radical (unpaired) electrons. The van der Waals surface area contributed by atoms with Crippen LogP contribution in [-0.4, -0.2) is 20.6 Å². The first-order chi connectivity index (χ1) is 9.87. The lowest BCUT2D eigenvalue weighted by atomic mass is 10.3. The number of ether oxygens (including phenoxy) is 1. The summed E-state index contributed by atoms with van der Waals surface area (Å²) in [7, 11) is -2.18. The molecule has 0 atom stereocenters. The van der Waals surface area contributed by atoms with E-state index in [4.69, 9.17) is 9.84 Å². The molecule has 2 aromatic rings. The molecule has 1 heterocycles. The van der Waals surface area contributed by atoms with E-state index in [0.717, 1.165) is 4.47 Å². The summed E-state index contributed by atoms with van der Waals surface area (Å²) in [5.41, 5.74) is 0.409. The van der Waals surface area contributed by atoms with Gasteiger partial charge in [0.15, 0.2) is 0 Å². The van der Waals surface area contributed by atoms with Gasteiger partial charge in [-0.2, -0.15) is 0 Å². The van der Waals surface area contributed by atoms with Crippen LogP contribution in [0.2, 0.25) is 0 Å². The van der Waals surface area contributed by atoms with Gasteiger partial charge in [-0.05, 0) is 41.1 Å². The van der Waals surface area contributed by atoms with E-state index in [2.05, 4.69) is 20.7 Å². The first-order valence-electron chi connectivity index (χ1n) is 5.94. The van der Waals surface area contributed by atoms with E-state index in [1.54, 1.807) is 25.1 Å². The normalized spacial score (nSPS) is 11.4. The van der Waals surface area contributed by atoms with Crippen molar-refractivity contribution in [2.45, 2.75) is 18.4 Å². The van der Waals surface area contributed by atoms with Gasteiger partial charge in [0.05, 0.1) is 23.9 Å². The lowest BCUT2D eigenvalue weighted by Gasteiger charge is -2.10. The number of hydrogen-bond donors (Lipinski definition) is 2. The van der Waals surface area contributed by atoms with E-state index in [1.807, 2.05) is 0 Å². The zero-order chi connectivity index (χ0) is 15.6. The Balaban J connectivity index is 2.35. The lowest BCUT2D eigenvalue weighted by molar-refractivity contribution is 0.285. The molecule has 0 aliphatic rings. The number of aryl methyl sites for hydroxylation is 1. The van der Waals surface area contributed by atoms with E-state index in [-0.39, 0.29) is 11.5 Å². The Kier molecular flexibility index (Phi) is 4.92. The largest absolute Gasteiger partial charge is 0.495 e. The number of nitrogens with one attached hydrogen (secondary N) is 1. The van der Waals surface area contributed by atoms with Crippen LogP contribution in [0, 0.1) is 6.92 Å². The summed E-state index contributed by atoms with van der Waals surface area (Å²) in [4.78, 5) is 1.43. The molecule has 114 valence electrons.